The molecule has 2 N–H and O–H groups in total. The molecule has 2 aromatic carbocycles. The number of hydrogen-bond acceptors (Lipinski definition) is 5. The van der Waals surface area contributed by atoms with Crippen LogP contribution in [0.25, 0.3) is 6.08 Å². The van der Waals surface area contributed by atoms with Crippen LogP contribution in [0.4, 0.5) is 5.69 Å². The van der Waals surface area contributed by atoms with Crippen molar-refractivity contribution in [1.29, 1.82) is 0 Å². The first-order valence-electron chi connectivity index (χ1n) is 8.00. The molecule has 6 nitrogen and oxygen atoms in total. The van der Waals surface area contributed by atoms with Crippen molar-refractivity contribution in [2.24, 2.45) is 4.99 Å². The summed E-state index contributed by atoms with van der Waals surface area (Å²) in [6, 6.07) is 14.1. The summed E-state index contributed by atoms with van der Waals surface area (Å²) in [4.78, 5) is 27.7. The van der Waals surface area contributed by atoms with Crippen molar-refractivity contribution in [1.82, 2.24) is 5.32 Å². The predicted octanol–water partition coefficient (Wildman–Crippen LogP) is 4.09. The van der Waals surface area contributed by atoms with Crippen LogP contribution in [0, 0.1) is 0 Å². The molecule has 1 aliphatic heterocycles. The van der Waals surface area contributed by atoms with Gasteiger partial charge in [0.15, 0.2) is 5.17 Å². The number of nitrogens with one attached hydrogen (secondary N) is 1. The summed E-state index contributed by atoms with van der Waals surface area (Å²) in [5, 5.41) is 12.5. The molecular weight excluding hydrogens is 388 g/mol. The first kappa shape index (κ1) is 19.0. The lowest BCUT2D eigenvalue weighted by molar-refractivity contribution is -0.137. The minimum Gasteiger partial charge on any atom is -0.492 e. The van der Waals surface area contributed by atoms with Gasteiger partial charge in [0.2, 0.25) is 0 Å². The van der Waals surface area contributed by atoms with Gasteiger partial charge in [-0.05, 0) is 42.1 Å². The van der Waals surface area contributed by atoms with Gasteiger partial charge in [-0.3, -0.25) is 9.59 Å². The molecule has 8 heteroatoms. The summed E-state index contributed by atoms with van der Waals surface area (Å²) < 4.78 is 5.52. The second kappa shape index (κ2) is 8.75. The maximum Gasteiger partial charge on any atom is 0.306 e. The zero-order chi connectivity index (χ0) is 19.2. The Morgan fingerprint density at radius 2 is 2.07 bits per heavy atom. The smallest absolute Gasteiger partial charge is 0.306 e. The van der Waals surface area contributed by atoms with Crippen molar-refractivity contribution in [3.63, 3.8) is 0 Å². The first-order valence-corrected chi connectivity index (χ1v) is 9.19. The number of aliphatic carboxylic acids is 1. The Labute approximate surface area is 164 Å². The van der Waals surface area contributed by atoms with Crippen molar-refractivity contribution in [2.45, 2.75) is 6.42 Å². The zero-order valence-electron chi connectivity index (χ0n) is 14.0. The maximum absolute atomic E-state index is 12.2. The Hall–Kier alpha value is -2.77. The molecule has 0 bridgehead atoms. The number of aliphatic imine (C=N–C) groups is 1. The normalized spacial score (nSPS) is 16.6. The van der Waals surface area contributed by atoms with E-state index in [1.807, 2.05) is 6.07 Å². The lowest BCUT2D eigenvalue weighted by atomic mass is 10.2. The average molecular weight is 403 g/mol. The summed E-state index contributed by atoms with van der Waals surface area (Å²) in [7, 11) is 0. The van der Waals surface area contributed by atoms with Gasteiger partial charge < -0.3 is 15.2 Å². The Morgan fingerprint density at radius 3 is 2.85 bits per heavy atom. The van der Waals surface area contributed by atoms with Crippen LogP contribution in [-0.2, 0) is 9.59 Å². The number of amides is 1. The van der Waals surface area contributed by atoms with Crippen molar-refractivity contribution in [2.75, 3.05) is 6.61 Å². The number of halogens is 1. The minimum absolute atomic E-state index is 0.0519. The molecule has 2 aromatic rings. The maximum atomic E-state index is 12.2. The highest BCUT2D eigenvalue weighted by molar-refractivity contribution is 8.18. The molecule has 138 valence electrons. The number of thioether (sulfide) groups is 1. The number of benzene rings is 2. The van der Waals surface area contributed by atoms with E-state index in [1.54, 1.807) is 48.5 Å². The highest BCUT2D eigenvalue weighted by atomic mass is 35.5. The summed E-state index contributed by atoms with van der Waals surface area (Å²) in [6.45, 7) is 0.0519. The topological polar surface area (TPSA) is 88.0 Å². The van der Waals surface area contributed by atoms with Gasteiger partial charge in [0.1, 0.15) is 5.75 Å². The molecule has 0 unspecified atom stereocenters. The number of amidine groups is 1. The van der Waals surface area contributed by atoms with Crippen LogP contribution >= 0.6 is 23.4 Å². The first-order chi connectivity index (χ1) is 13.0. The number of rotatable bonds is 6. The van der Waals surface area contributed by atoms with Gasteiger partial charge in [0.05, 0.1) is 23.6 Å². The number of carboxylic acid groups (broad SMARTS) is 1. The third-order valence-corrected chi connectivity index (χ3v) is 4.61. The summed E-state index contributed by atoms with van der Waals surface area (Å²) in [6.07, 6.45) is 1.59. The molecule has 0 saturated carbocycles. The highest BCUT2D eigenvalue weighted by Gasteiger charge is 2.24. The van der Waals surface area contributed by atoms with Crippen LogP contribution in [0.5, 0.6) is 5.75 Å². The van der Waals surface area contributed by atoms with Crippen LogP contribution in [0.1, 0.15) is 12.0 Å². The van der Waals surface area contributed by atoms with Crippen LogP contribution in [0.3, 0.4) is 0 Å². The lowest BCUT2D eigenvalue weighted by Gasteiger charge is -2.08. The number of nitrogens with zero attached hydrogens (tertiary/aromatic N) is 1. The number of carbonyl (C=O) groups is 2. The molecule has 3 rings (SSSR count). The van der Waals surface area contributed by atoms with E-state index in [1.165, 1.54) is 11.8 Å². The third kappa shape index (κ3) is 5.35. The van der Waals surface area contributed by atoms with E-state index < -0.39 is 5.97 Å². The lowest BCUT2D eigenvalue weighted by Crippen LogP contribution is -2.19. The van der Waals surface area contributed by atoms with Crippen LogP contribution < -0.4 is 10.1 Å². The summed E-state index contributed by atoms with van der Waals surface area (Å²) in [5.41, 5.74) is 1.33. The second-order valence-corrected chi connectivity index (χ2v) is 6.96. The Bertz CT molecular complexity index is 943. The van der Waals surface area contributed by atoms with Gasteiger partial charge >= 0.3 is 5.97 Å². The van der Waals surface area contributed by atoms with E-state index in [9.17, 15) is 9.59 Å². The zero-order valence-corrected chi connectivity index (χ0v) is 15.6. The molecule has 0 atom stereocenters. The fourth-order valence-electron chi connectivity index (χ4n) is 2.26. The van der Waals surface area contributed by atoms with E-state index in [4.69, 9.17) is 21.4 Å². The standard InChI is InChI=1S/C19H15ClN2O4S/c20-13-5-3-6-14(11-13)21-19-22-18(25)16(27-19)10-12-4-1-2-7-15(12)26-9-8-17(23)24/h1-7,10-11H,8-9H2,(H,23,24)(H,21,22,25)/b16-10+. The summed E-state index contributed by atoms with van der Waals surface area (Å²) in [5.74, 6) is -0.681. The Balaban J connectivity index is 1.78. The average Bonchev–Trinajstić information content (AvgIpc) is 2.95. The van der Waals surface area contributed by atoms with Gasteiger partial charge in [-0.2, -0.15) is 0 Å². The Kier molecular flexibility index (Phi) is 6.16. The number of carboxylic acids is 1. The molecule has 0 radical (unpaired) electrons. The molecule has 1 saturated heterocycles. The summed E-state index contributed by atoms with van der Waals surface area (Å²) >= 11 is 7.16. The molecule has 0 aliphatic carbocycles. The van der Waals surface area contributed by atoms with Crippen molar-refractivity contribution < 1.29 is 19.4 Å². The molecule has 27 heavy (non-hydrogen) atoms. The van der Waals surface area contributed by atoms with Gasteiger partial charge in [0, 0.05) is 10.6 Å². The van der Waals surface area contributed by atoms with Gasteiger partial charge in [-0.1, -0.05) is 35.9 Å². The SMILES string of the molecule is O=C(O)CCOc1ccccc1/C=C1/SC(=Nc2cccc(Cl)c2)NC1=O. The number of ether oxygens (including phenoxy) is 1. The number of para-hydroxylation sites is 1. The van der Waals surface area contributed by atoms with Crippen molar-refractivity contribution in [3.8, 4) is 5.75 Å². The molecule has 1 fully saturated rings. The van der Waals surface area contributed by atoms with Crippen molar-refractivity contribution in [3.05, 3.63) is 64.0 Å². The molecular formula is C19H15ClN2O4S. The minimum atomic E-state index is -0.932. The second-order valence-electron chi connectivity index (χ2n) is 5.49. The number of carbonyl (C=O) groups excluding carboxylic acids is 1. The van der Waals surface area contributed by atoms with Gasteiger partial charge in [-0.25, -0.2) is 4.99 Å². The van der Waals surface area contributed by atoms with E-state index in [2.05, 4.69) is 10.3 Å². The highest BCUT2D eigenvalue weighted by Crippen LogP contribution is 2.31. The van der Waals surface area contributed by atoms with Crippen LogP contribution in [0.2, 0.25) is 5.02 Å². The van der Waals surface area contributed by atoms with Crippen LogP contribution in [-0.4, -0.2) is 28.8 Å². The quantitative estimate of drug-likeness (QED) is 0.710. The Morgan fingerprint density at radius 1 is 1.26 bits per heavy atom. The molecule has 1 aliphatic rings. The van der Waals surface area contributed by atoms with E-state index in [0.717, 1.165) is 0 Å². The molecule has 0 aromatic heterocycles. The monoisotopic (exact) mass is 402 g/mol. The predicted molar refractivity (Wildman–Crippen MR) is 106 cm³/mol. The third-order valence-electron chi connectivity index (χ3n) is 3.47. The molecule has 0 spiro atoms. The fraction of sp³-hybridized carbons (Fsp3) is 0.105. The van der Waals surface area contributed by atoms with Gasteiger partial charge in [0.25, 0.3) is 5.91 Å². The largest absolute Gasteiger partial charge is 0.492 e. The fourth-order valence-corrected chi connectivity index (χ4v) is 3.28. The number of hydrogen-bond donors (Lipinski definition) is 2. The van der Waals surface area contributed by atoms with Crippen LogP contribution in [0.15, 0.2) is 58.4 Å². The van der Waals surface area contributed by atoms with E-state index in [0.29, 0.717) is 32.1 Å². The van der Waals surface area contributed by atoms with E-state index in [-0.39, 0.29) is 18.9 Å². The van der Waals surface area contributed by atoms with Gasteiger partial charge in [-0.15, -0.1) is 0 Å². The molecule has 1 amide bonds. The van der Waals surface area contributed by atoms with Crippen molar-refractivity contribution >= 4 is 52.2 Å². The van der Waals surface area contributed by atoms with E-state index >= 15 is 0 Å². The molecule has 1 heterocycles.